The van der Waals surface area contributed by atoms with E-state index in [0.717, 1.165) is 15.6 Å². The zero-order valence-corrected chi connectivity index (χ0v) is 12.2. The first-order valence-electron chi connectivity index (χ1n) is 5.96. The Morgan fingerprint density at radius 3 is 2.79 bits per heavy atom. The normalized spacial score (nSPS) is 11.0. The number of thiazole rings is 1. The second-order valence-electron chi connectivity index (χ2n) is 4.47. The van der Waals surface area contributed by atoms with Crippen LogP contribution < -0.4 is 0 Å². The van der Waals surface area contributed by atoms with Crippen molar-refractivity contribution in [3.63, 3.8) is 0 Å². The van der Waals surface area contributed by atoms with Gasteiger partial charge >= 0.3 is 5.97 Å². The van der Waals surface area contributed by atoms with Crippen LogP contribution in [0.1, 0.15) is 45.8 Å². The second-order valence-corrected chi connectivity index (χ2v) is 5.79. The summed E-state index contributed by atoms with van der Waals surface area (Å²) in [6, 6.07) is 0. The highest BCUT2D eigenvalue weighted by atomic mass is 32.1. The number of esters is 1. The van der Waals surface area contributed by atoms with Crippen LogP contribution in [-0.2, 0) is 11.3 Å². The molecule has 0 atom stereocenters. The Kier molecular flexibility index (Phi) is 3.94. The predicted molar refractivity (Wildman–Crippen MR) is 71.4 cm³/mol. The van der Waals surface area contributed by atoms with Crippen molar-refractivity contribution in [2.75, 3.05) is 7.11 Å². The zero-order chi connectivity index (χ0) is 14.0. The van der Waals surface area contributed by atoms with Crippen LogP contribution in [0, 0.1) is 6.92 Å². The van der Waals surface area contributed by atoms with Crippen LogP contribution >= 0.6 is 11.3 Å². The van der Waals surface area contributed by atoms with Crippen LogP contribution in [0.4, 0.5) is 0 Å². The number of aryl methyl sites for hydroxylation is 1. The summed E-state index contributed by atoms with van der Waals surface area (Å²) in [6.07, 6.45) is 1.82. The molecule has 7 heteroatoms. The van der Waals surface area contributed by atoms with Gasteiger partial charge in [-0.05, 0) is 12.8 Å². The quantitative estimate of drug-likeness (QED) is 0.801. The Hall–Kier alpha value is -1.76. The summed E-state index contributed by atoms with van der Waals surface area (Å²) in [7, 11) is 1.35. The van der Waals surface area contributed by atoms with Gasteiger partial charge in [-0.1, -0.05) is 19.1 Å². The van der Waals surface area contributed by atoms with Gasteiger partial charge in [0.15, 0.2) is 5.69 Å². The largest absolute Gasteiger partial charge is 0.464 e. The molecule has 19 heavy (non-hydrogen) atoms. The Morgan fingerprint density at radius 1 is 1.53 bits per heavy atom. The van der Waals surface area contributed by atoms with Crippen molar-refractivity contribution < 1.29 is 9.53 Å². The lowest BCUT2D eigenvalue weighted by atomic mass is 10.1. The highest BCUT2D eigenvalue weighted by molar-refractivity contribution is 7.11. The third kappa shape index (κ3) is 2.81. The SMILES string of the molecule is COC(=O)c1nnn(Cc2cnc(C)s2)c1C(C)C. The van der Waals surface area contributed by atoms with Crippen molar-refractivity contribution in [3.8, 4) is 0 Å². The third-order valence-electron chi connectivity index (χ3n) is 2.67. The molecule has 0 bridgehead atoms. The predicted octanol–water partition coefficient (Wildman–Crippen LogP) is 2.00. The lowest BCUT2D eigenvalue weighted by molar-refractivity contribution is 0.0592. The minimum Gasteiger partial charge on any atom is -0.464 e. The number of methoxy groups -OCH3 is 1. The van der Waals surface area contributed by atoms with Crippen molar-refractivity contribution in [3.05, 3.63) is 27.5 Å². The van der Waals surface area contributed by atoms with Gasteiger partial charge in [-0.25, -0.2) is 14.5 Å². The van der Waals surface area contributed by atoms with E-state index in [4.69, 9.17) is 4.74 Å². The Morgan fingerprint density at radius 2 is 2.26 bits per heavy atom. The maximum absolute atomic E-state index is 11.7. The summed E-state index contributed by atoms with van der Waals surface area (Å²) in [6.45, 7) is 6.53. The summed E-state index contributed by atoms with van der Waals surface area (Å²) >= 11 is 1.61. The maximum Gasteiger partial charge on any atom is 0.360 e. The minimum absolute atomic E-state index is 0.137. The van der Waals surface area contributed by atoms with Gasteiger partial charge in [0.1, 0.15) is 0 Å². The molecule has 0 fully saturated rings. The number of carbonyl (C=O) groups excluding carboxylic acids is 1. The fraction of sp³-hybridized carbons (Fsp3) is 0.500. The molecule has 0 N–H and O–H groups in total. The number of aromatic nitrogens is 4. The van der Waals surface area contributed by atoms with E-state index in [1.54, 1.807) is 16.0 Å². The molecular weight excluding hydrogens is 264 g/mol. The van der Waals surface area contributed by atoms with Crippen molar-refractivity contribution in [2.45, 2.75) is 33.2 Å². The molecule has 0 radical (unpaired) electrons. The molecule has 0 saturated carbocycles. The Labute approximate surface area is 115 Å². The van der Waals surface area contributed by atoms with E-state index in [1.807, 2.05) is 27.0 Å². The lowest BCUT2D eigenvalue weighted by Gasteiger charge is -2.09. The summed E-state index contributed by atoms with van der Waals surface area (Å²) in [4.78, 5) is 17.0. The molecule has 102 valence electrons. The van der Waals surface area contributed by atoms with E-state index in [0.29, 0.717) is 12.2 Å². The minimum atomic E-state index is -0.449. The molecule has 0 spiro atoms. The first-order valence-corrected chi connectivity index (χ1v) is 6.77. The Balaban J connectivity index is 2.35. The molecule has 0 amide bonds. The number of hydrogen-bond acceptors (Lipinski definition) is 6. The van der Waals surface area contributed by atoms with Crippen molar-refractivity contribution in [1.82, 2.24) is 20.0 Å². The molecule has 2 rings (SSSR count). The monoisotopic (exact) mass is 280 g/mol. The van der Waals surface area contributed by atoms with E-state index in [1.165, 1.54) is 7.11 Å². The Bertz CT molecular complexity index is 588. The zero-order valence-electron chi connectivity index (χ0n) is 11.4. The highest BCUT2D eigenvalue weighted by Crippen LogP contribution is 2.21. The van der Waals surface area contributed by atoms with Gasteiger partial charge in [-0.15, -0.1) is 16.4 Å². The number of nitrogens with zero attached hydrogens (tertiary/aromatic N) is 4. The molecule has 0 saturated heterocycles. The number of ether oxygens (including phenoxy) is 1. The van der Waals surface area contributed by atoms with E-state index < -0.39 is 5.97 Å². The average molecular weight is 280 g/mol. The van der Waals surface area contributed by atoms with Crippen molar-refractivity contribution in [2.24, 2.45) is 0 Å². The molecular formula is C12H16N4O2S. The van der Waals surface area contributed by atoms with Crippen LogP contribution in [0.25, 0.3) is 0 Å². The molecule has 0 aliphatic heterocycles. The summed E-state index contributed by atoms with van der Waals surface area (Å²) in [5.74, 6) is -0.312. The van der Waals surface area contributed by atoms with Crippen molar-refractivity contribution >= 4 is 17.3 Å². The summed E-state index contributed by atoms with van der Waals surface area (Å²) in [5.41, 5.74) is 1.08. The lowest BCUT2D eigenvalue weighted by Crippen LogP contribution is -2.11. The molecule has 2 aromatic rings. The maximum atomic E-state index is 11.7. The van der Waals surface area contributed by atoms with Crippen LogP contribution in [0.2, 0.25) is 0 Å². The van der Waals surface area contributed by atoms with Gasteiger partial charge in [-0.3, -0.25) is 0 Å². The molecule has 0 unspecified atom stereocenters. The molecule has 0 aliphatic rings. The van der Waals surface area contributed by atoms with E-state index in [2.05, 4.69) is 15.3 Å². The highest BCUT2D eigenvalue weighted by Gasteiger charge is 2.22. The van der Waals surface area contributed by atoms with Gasteiger partial charge in [0.2, 0.25) is 0 Å². The molecule has 6 nitrogen and oxygen atoms in total. The fourth-order valence-corrected chi connectivity index (χ4v) is 2.65. The van der Waals surface area contributed by atoms with E-state index in [9.17, 15) is 4.79 Å². The van der Waals surface area contributed by atoms with E-state index >= 15 is 0 Å². The van der Waals surface area contributed by atoms with Crippen LogP contribution in [0.5, 0.6) is 0 Å². The van der Waals surface area contributed by atoms with Gasteiger partial charge in [0.25, 0.3) is 0 Å². The number of rotatable bonds is 4. The summed E-state index contributed by atoms with van der Waals surface area (Å²) < 4.78 is 6.47. The van der Waals surface area contributed by atoms with E-state index in [-0.39, 0.29) is 5.92 Å². The molecule has 2 heterocycles. The first kappa shape index (κ1) is 13.7. The van der Waals surface area contributed by atoms with Crippen LogP contribution in [-0.4, -0.2) is 33.1 Å². The standard InChI is InChI=1S/C12H16N4O2S/c1-7(2)11-10(12(17)18-4)14-15-16(11)6-9-5-13-8(3)19-9/h5,7H,6H2,1-4H3. The average Bonchev–Trinajstić information content (AvgIpc) is 2.95. The molecule has 2 aromatic heterocycles. The smallest absolute Gasteiger partial charge is 0.360 e. The molecule has 0 aromatic carbocycles. The van der Waals surface area contributed by atoms with Crippen molar-refractivity contribution in [1.29, 1.82) is 0 Å². The second kappa shape index (κ2) is 5.48. The number of carbonyl (C=O) groups is 1. The number of hydrogen-bond donors (Lipinski definition) is 0. The van der Waals surface area contributed by atoms with Gasteiger partial charge in [-0.2, -0.15) is 0 Å². The molecule has 0 aliphatic carbocycles. The fourth-order valence-electron chi connectivity index (χ4n) is 1.88. The van der Waals surface area contributed by atoms with Crippen LogP contribution in [0.3, 0.4) is 0 Å². The first-order chi connectivity index (χ1) is 9.02. The van der Waals surface area contributed by atoms with Crippen LogP contribution in [0.15, 0.2) is 6.20 Å². The van der Waals surface area contributed by atoms with Gasteiger partial charge in [0, 0.05) is 11.1 Å². The van der Waals surface area contributed by atoms with Gasteiger partial charge in [0.05, 0.1) is 24.4 Å². The summed E-state index contributed by atoms with van der Waals surface area (Å²) in [5, 5.41) is 9.00. The third-order valence-corrected chi connectivity index (χ3v) is 3.57. The van der Waals surface area contributed by atoms with Gasteiger partial charge < -0.3 is 4.74 Å². The topological polar surface area (TPSA) is 69.9 Å².